The van der Waals surface area contributed by atoms with Gasteiger partial charge in [-0.1, -0.05) is 12.1 Å². The summed E-state index contributed by atoms with van der Waals surface area (Å²) >= 11 is 0. The van der Waals surface area contributed by atoms with Gasteiger partial charge in [-0.15, -0.1) is 0 Å². The Morgan fingerprint density at radius 1 is 1.16 bits per heavy atom. The molecule has 0 spiro atoms. The lowest BCUT2D eigenvalue weighted by Gasteiger charge is -2.25. The summed E-state index contributed by atoms with van der Waals surface area (Å²) in [6.07, 6.45) is 0.786. The highest BCUT2D eigenvalue weighted by molar-refractivity contribution is 7.89. The molecule has 1 saturated heterocycles. The van der Waals surface area contributed by atoms with Crippen molar-refractivity contribution in [1.82, 2.24) is 4.31 Å². The number of nitrogens with zero attached hydrogens (tertiary/aromatic N) is 1. The number of rotatable bonds is 7. The van der Waals surface area contributed by atoms with Crippen LogP contribution in [0.3, 0.4) is 0 Å². The highest BCUT2D eigenvalue weighted by Gasteiger charge is 2.34. The fourth-order valence-corrected chi connectivity index (χ4v) is 4.83. The first-order chi connectivity index (χ1) is 14.6. The van der Waals surface area contributed by atoms with Gasteiger partial charge in [0, 0.05) is 18.8 Å². The number of anilines is 1. The van der Waals surface area contributed by atoms with Crippen LogP contribution in [0.1, 0.15) is 24.0 Å². The summed E-state index contributed by atoms with van der Waals surface area (Å²) in [5, 5.41) is 2.65. The minimum absolute atomic E-state index is 0.221. The molecule has 1 N–H and O–H groups in total. The Kier molecular flexibility index (Phi) is 7.03. The molecule has 1 amide bonds. The summed E-state index contributed by atoms with van der Waals surface area (Å²) in [7, 11) is -4.65. The molecule has 2 aromatic rings. The molecule has 1 aliphatic heterocycles. The predicted molar refractivity (Wildman–Crippen MR) is 109 cm³/mol. The van der Waals surface area contributed by atoms with Crippen LogP contribution in [0, 0.1) is 31.3 Å². The van der Waals surface area contributed by atoms with Gasteiger partial charge < -0.3 is 10.1 Å². The minimum atomic E-state index is -4.65. The van der Waals surface area contributed by atoms with E-state index in [1.165, 1.54) is 0 Å². The lowest BCUT2D eigenvalue weighted by Crippen LogP contribution is -2.42. The lowest BCUT2D eigenvalue weighted by atomic mass is 10.1. The molecule has 1 unspecified atom stereocenters. The average Bonchev–Trinajstić information content (AvgIpc) is 3.22. The molecular formula is C21H23F3N2O4S. The maximum absolute atomic E-state index is 14.3. The highest BCUT2D eigenvalue weighted by atomic mass is 32.2. The molecule has 31 heavy (non-hydrogen) atoms. The first-order valence-corrected chi connectivity index (χ1v) is 11.2. The highest BCUT2D eigenvalue weighted by Crippen LogP contribution is 2.25. The van der Waals surface area contributed by atoms with Crippen molar-refractivity contribution in [2.24, 2.45) is 0 Å². The van der Waals surface area contributed by atoms with E-state index in [9.17, 15) is 26.4 Å². The zero-order valence-electron chi connectivity index (χ0n) is 17.1. The standard InChI is InChI=1S/C21H23F3N2O4S/c1-13-5-3-7-17(14(13)2)25-19(27)12-26(11-15-6-4-10-30-15)31(28,29)18-9-8-16(22)20(23)21(18)24/h3,5,7-9,15H,4,6,10-12H2,1-2H3,(H,25,27). The average molecular weight is 456 g/mol. The number of benzene rings is 2. The first-order valence-electron chi connectivity index (χ1n) is 9.72. The van der Waals surface area contributed by atoms with Gasteiger partial charge in [0.25, 0.3) is 0 Å². The number of ether oxygens (including phenoxy) is 1. The van der Waals surface area contributed by atoms with Crippen molar-refractivity contribution in [3.05, 3.63) is 58.9 Å². The van der Waals surface area contributed by atoms with Crippen molar-refractivity contribution in [2.45, 2.75) is 37.7 Å². The molecule has 6 nitrogen and oxygen atoms in total. The van der Waals surface area contributed by atoms with Gasteiger partial charge in [-0.2, -0.15) is 4.31 Å². The second-order valence-corrected chi connectivity index (χ2v) is 9.31. The Morgan fingerprint density at radius 3 is 2.58 bits per heavy atom. The van der Waals surface area contributed by atoms with E-state index >= 15 is 0 Å². The summed E-state index contributed by atoms with van der Waals surface area (Å²) in [6.45, 7) is 3.25. The molecule has 1 atom stereocenters. The molecule has 0 aromatic heterocycles. The van der Waals surface area contributed by atoms with Gasteiger partial charge in [0.2, 0.25) is 15.9 Å². The van der Waals surface area contributed by atoms with Gasteiger partial charge in [0.05, 0.1) is 12.6 Å². The quantitative estimate of drug-likeness (QED) is 0.647. The molecule has 0 saturated carbocycles. The largest absolute Gasteiger partial charge is 0.377 e. The van der Waals surface area contributed by atoms with E-state index in [1.54, 1.807) is 12.1 Å². The molecular weight excluding hydrogens is 433 g/mol. The van der Waals surface area contributed by atoms with E-state index in [0.29, 0.717) is 37.3 Å². The van der Waals surface area contributed by atoms with Crippen LogP contribution in [-0.2, 0) is 19.6 Å². The summed E-state index contributed by atoms with van der Waals surface area (Å²) in [5.74, 6) is -5.88. The van der Waals surface area contributed by atoms with Gasteiger partial charge in [-0.05, 0) is 56.0 Å². The number of carbonyl (C=O) groups excluding carboxylic acids is 1. The maximum atomic E-state index is 14.3. The maximum Gasteiger partial charge on any atom is 0.246 e. The monoisotopic (exact) mass is 456 g/mol. The van der Waals surface area contributed by atoms with E-state index in [4.69, 9.17) is 4.74 Å². The molecule has 0 bridgehead atoms. The molecule has 168 valence electrons. The van der Waals surface area contributed by atoms with E-state index in [2.05, 4.69) is 5.32 Å². The summed E-state index contributed by atoms with van der Waals surface area (Å²) in [4.78, 5) is 11.6. The predicted octanol–water partition coefficient (Wildman–Crippen LogP) is 3.53. The van der Waals surface area contributed by atoms with Crippen LogP contribution < -0.4 is 5.32 Å². The molecule has 1 heterocycles. The summed E-state index contributed by atoms with van der Waals surface area (Å²) < 4.78 is 73.6. The Balaban J connectivity index is 1.89. The van der Waals surface area contributed by atoms with Crippen molar-refractivity contribution in [3.63, 3.8) is 0 Å². The first kappa shape index (κ1) is 23.2. The zero-order valence-corrected chi connectivity index (χ0v) is 17.9. The summed E-state index contributed by atoms with van der Waals surface area (Å²) in [6, 6.07) is 6.47. The van der Waals surface area contributed by atoms with E-state index < -0.39 is 50.9 Å². The Hall–Kier alpha value is -2.43. The van der Waals surface area contributed by atoms with Gasteiger partial charge in [-0.3, -0.25) is 4.79 Å². The van der Waals surface area contributed by atoms with Crippen LogP contribution in [0.25, 0.3) is 0 Å². The van der Waals surface area contributed by atoms with Crippen LogP contribution in [0.2, 0.25) is 0 Å². The lowest BCUT2D eigenvalue weighted by molar-refractivity contribution is -0.116. The van der Waals surface area contributed by atoms with E-state index in [1.807, 2.05) is 19.9 Å². The van der Waals surface area contributed by atoms with E-state index in [-0.39, 0.29) is 6.54 Å². The fourth-order valence-electron chi connectivity index (χ4n) is 3.35. The minimum Gasteiger partial charge on any atom is -0.377 e. The number of amides is 1. The van der Waals surface area contributed by atoms with Crippen molar-refractivity contribution in [3.8, 4) is 0 Å². The number of hydrogen-bond acceptors (Lipinski definition) is 4. The number of halogens is 3. The molecule has 1 aliphatic rings. The number of hydrogen-bond donors (Lipinski definition) is 1. The smallest absolute Gasteiger partial charge is 0.246 e. The number of sulfonamides is 1. The Bertz CT molecular complexity index is 1090. The van der Waals surface area contributed by atoms with E-state index in [0.717, 1.165) is 15.4 Å². The second kappa shape index (κ2) is 9.37. The van der Waals surface area contributed by atoms with Crippen molar-refractivity contribution < 1.29 is 31.1 Å². The van der Waals surface area contributed by atoms with Crippen LogP contribution in [0.15, 0.2) is 35.2 Å². The third-order valence-electron chi connectivity index (χ3n) is 5.25. The Labute approximate surface area is 179 Å². The third kappa shape index (κ3) is 5.08. The van der Waals surface area contributed by atoms with Crippen molar-refractivity contribution in [2.75, 3.05) is 25.0 Å². The normalized spacial score (nSPS) is 16.6. The SMILES string of the molecule is Cc1cccc(NC(=O)CN(CC2CCCO2)S(=O)(=O)c2ccc(F)c(F)c2F)c1C. The molecule has 10 heteroatoms. The van der Waals surface area contributed by atoms with Crippen LogP contribution in [-0.4, -0.2) is 44.4 Å². The number of nitrogens with one attached hydrogen (secondary N) is 1. The van der Waals surface area contributed by atoms with Gasteiger partial charge in [0.15, 0.2) is 17.5 Å². The molecule has 1 fully saturated rings. The molecule has 3 rings (SSSR count). The number of aryl methyl sites for hydroxylation is 1. The molecule has 2 aromatic carbocycles. The fraction of sp³-hybridized carbons (Fsp3) is 0.381. The second-order valence-electron chi connectivity index (χ2n) is 7.40. The van der Waals surface area contributed by atoms with Crippen LogP contribution >= 0.6 is 0 Å². The van der Waals surface area contributed by atoms with Gasteiger partial charge in [0.1, 0.15) is 4.90 Å². The number of carbonyl (C=O) groups is 1. The summed E-state index contributed by atoms with van der Waals surface area (Å²) in [5.41, 5.74) is 2.26. The topological polar surface area (TPSA) is 75.7 Å². The molecule has 0 aliphatic carbocycles. The van der Waals surface area contributed by atoms with Crippen LogP contribution in [0.5, 0.6) is 0 Å². The van der Waals surface area contributed by atoms with Crippen molar-refractivity contribution >= 4 is 21.6 Å². The van der Waals surface area contributed by atoms with Gasteiger partial charge in [-0.25, -0.2) is 21.6 Å². The van der Waals surface area contributed by atoms with Gasteiger partial charge >= 0.3 is 0 Å². The van der Waals surface area contributed by atoms with Crippen molar-refractivity contribution in [1.29, 1.82) is 0 Å². The molecule has 0 radical (unpaired) electrons. The Morgan fingerprint density at radius 2 is 1.90 bits per heavy atom. The third-order valence-corrected chi connectivity index (χ3v) is 7.08. The van der Waals surface area contributed by atoms with Crippen LogP contribution in [0.4, 0.5) is 18.9 Å². The zero-order chi connectivity index (χ0) is 22.8.